The molecule has 1 unspecified atom stereocenters. The maximum Gasteiger partial charge on any atom is 0.359 e. The number of benzene rings is 1. The van der Waals surface area contributed by atoms with Crippen molar-refractivity contribution in [3.05, 3.63) is 35.5 Å². The number of carbonyl (C=O) groups excluding carboxylic acids is 2. The van der Waals surface area contributed by atoms with Gasteiger partial charge in [0.15, 0.2) is 5.69 Å². The topological polar surface area (TPSA) is 86.1 Å². The number of hydrogen-bond donors (Lipinski definition) is 1. The molecule has 1 aliphatic heterocycles. The fraction of sp³-hybridized carbons (Fsp3) is 0.500. The highest BCUT2D eigenvalue weighted by Crippen LogP contribution is 2.30. The van der Waals surface area contributed by atoms with Crippen LogP contribution in [0.5, 0.6) is 0 Å². The van der Waals surface area contributed by atoms with Crippen molar-refractivity contribution in [3.63, 3.8) is 0 Å². The van der Waals surface area contributed by atoms with Crippen LogP contribution in [0.25, 0.3) is 5.69 Å². The quantitative estimate of drug-likeness (QED) is 0.634. The van der Waals surface area contributed by atoms with E-state index in [0.29, 0.717) is 22.3 Å². The van der Waals surface area contributed by atoms with Gasteiger partial charge in [-0.25, -0.2) is 9.48 Å². The minimum Gasteiger partial charge on any atom is -0.442 e. The average Bonchev–Trinajstić information content (AvgIpc) is 3.08. The molecule has 1 aromatic heterocycles. The van der Waals surface area contributed by atoms with E-state index in [1.54, 1.807) is 4.68 Å². The molecule has 2 heterocycles. The van der Waals surface area contributed by atoms with E-state index in [0.717, 1.165) is 25.7 Å². The number of hydrogen-bond acceptors (Lipinski definition) is 5. The van der Waals surface area contributed by atoms with Gasteiger partial charge in [-0.2, -0.15) is 0 Å². The van der Waals surface area contributed by atoms with Gasteiger partial charge >= 0.3 is 5.97 Å². The van der Waals surface area contributed by atoms with E-state index >= 15 is 0 Å². The van der Waals surface area contributed by atoms with Gasteiger partial charge in [-0.3, -0.25) is 4.79 Å². The highest BCUT2D eigenvalue weighted by atomic mass is 28.3. The molecule has 4 rings (SSSR count). The predicted octanol–water partition coefficient (Wildman–Crippen LogP) is 2.47. The summed E-state index contributed by atoms with van der Waals surface area (Å²) in [6.45, 7) is 6.32. The number of esters is 1. The molecule has 1 atom stereocenters. The number of nitrogens with zero attached hydrogens (tertiary/aromatic N) is 3. The summed E-state index contributed by atoms with van der Waals surface area (Å²) >= 11 is 0. The van der Waals surface area contributed by atoms with Crippen LogP contribution < -0.4 is 10.6 Å². The minimum atomic E-state index is -1.93. The summed E-state index contributed by atoms with van der Waals surface area (Å²) in [6.07, 6.45) is 4.40. The molecule has 1 amide bonds. The molecule has 0 saturated heterocycles. The number of nitrogens with one attached hydrogen (secondary N) is 1. The van der Waals surface area contributed by atoms with Crippen LogP contribution in [-0.4, -0.2) is 41.0 Å². The Balaban J connectivity index is 1.73. The molecule has 7 nitrogen and oxygen atoms in total. The number of para-hydroxylation sites is 1. The van der Waals surface area contributed by atoms with E-state index < -0.39 is 20.1 Å². The second-order valence-corrected chi connectivity index (χ2v) is 13.6. The van der Waals surface area contributed by atoms with E-state index in [1.807, 2.05) is 24.3 Å². The van der Waals surface area contributed by atoms with E-state index in [-0.39, 0.29) is 11.9 Å². The molecule has 1 fully saturated rings. The highest BCUT2D eigenvalue weighted by Gasteiger charge is 2.39. The van der Waals surface area contributed by atoms with Crippen LogP contribution in [0.3, 0.4) is 0 Å². The largest absolute Gasteiger partial charge is 0.442 e. The van der Waals surface area contributed by atoms with E-state index in [9.17, 15) is 9.59 Å². The van der Waals surface area contributed by atoms with Gasteiger partial charge in [0.25, 0.3) is 5.91 Å². The smallest absolute Gasteiger partial charge is 0.359 e. The van der Waals surface area contributed by atoms with Crippen molar-refractivity contribution in [2.45, 2.75) is 63.9 Å². The van der Waals surface area contributed by atoms with Crippen LogP contribution in [0.15, 0.2) is 24.3 Å². The zero-order chi connectivity index (χ0) is 19.9. The summed E-state index contributed by atoms with van der Waals surface area (Å²) in [5, 5.41) is 12.3. The second kappa shape index (κ2) is 7.16. The van der Waals surface area contributed by atoms with Gasteiger partial charge < -0.3 is 10.1 Å². The van der Waals surface area contributed by atoms with Gasteiger partial charge in [0.05, 0.1) is 11.0 Å². The third-order valence-corrected chi connectivity index (χ3v) is 7.19. The fourth-order valence-electron chi connectivity index (χ4n) is 3.99. The first-order valence-electron chi connectivity index (χ1n) is 9.93. The zero-order valence-electron chi connectivity index (χ0n) is 16.6. The first-order valence-corrected chi connectivity index (χ1v) is 13.4. The van der Waals surface area contributed by atoms with Crippen molar-refractivity contribution in [2.24, 2.45) is 0 Å². The molecule has 148 valence electrons. The number of carbonyl (C=O) groups is 2. The third kappa shape index (κ3) is 3.37. The number of rotatable bonds is 3. The molecule has 0 spiro atoms. The minimum absolute atomic E-state index is 0.145. The molecule has 1 aromatic carbocycles. The Bertz CT molecular complexity index is 912. The van der Waals surface area contributed by atoms with Gasteiger partial charge in [-0.1, -0.05) is 62.3 Å². The summed E-state index contributed by atoms with van der Waals surface area (Å²) in [4.78, 5) is 26.1. The lowest BCUT2D eigenvalue weighted by molar-refractivity contribution is -0.131. The maximum absolute atomic E-state index is 13.1. The first-order chi connectivity index (χ1) is 13.4. The van der Waals surface area contributed by atoms with Gasteiger partial charge in [0.1, 0.15) is 8.07 Å². The number of amides is 1. The van der Waals surface area contributed by atoms with Crippen LogP contribution in [-0.2, 0) is 9.53 Å². The molecule has 1 aliphatic carbocycles. The van der Waals surface area contributed by atoms with Gasteiger partial charge in [-0.15, -0.1) is 5.10 Å². The van der Waals surface area contributed by atoms with Crippen molar-refractivity contribution in [2.75, 3.05) is 0 Å². The number of cyclic esters (lactones) is 1. The molecule has 2 aromatic rings. The van der Waals surface area contributed by atoms with E-state index in [4.69, 9.17) is 4.74 Å². The monoisotopic (exact) mass is 398 g/mol. The molecular weight excluding hydrogens is 372 g/mol. The Hall–Kier alpha value is -2.48. The Labute approximate surface area is 165 Å². The molecule has 0 bridgehead atoms. The van der Waals surface area contributed by atoms with Crippen molar-refractivity contribution in [3.8, 4) is 5.69 Å². The predicted molar refractivity (Wildman–Crippen MR) is 108 cm³/mol. The molecule has 8 heteroatoms. The standard InChI is InChI=1S/C20H26N4O3Si/c1-28(2,3)19-16-20(26)27-17(18(25)21-13-9-5-4-6-10-13)14-11-7-8-12-15(14)24(16)23-22-19/h7-8,11-13,17H,4-6,9-10H2,1-3H3,(H,21,25). The normalized spacial score (nSPS) is 20.0. The van der Waals surface area contributed by atoms with Gasteiger partial charge in [-0.05, 0) is 18.9 Å². The summed E-state index contributed by atoms with van der Waals surface area (Å²) in [7, 11) is -1.93. The van der Waals surface area contributed by atoms with E-state index in [2.05, 4.69) is 35.3 Å². The summed E-state index contributed by atoms with van der Waals surface area (Å²) in [5.41, 5.74) is 1.65. The maximum atomic E-state index is 13.1. The van der Waals surface area contributed by atoms with Crippen LogP contribution in [0.2, 0.25) is 19.6 Å². The third-order valence-electron chi connectivity index (χ3n) is 5.44. The van der Waals surface area contributed by atoms with Crippen molar-refractivity contribution < 1.29 is 14.3 Å². The Morgan fingerprint density at radius 1 is 1.18 bits per heavy atom. The summed E-state index contributed by atoms with van der Waals surface area (Å²) in [5.74, 6) is -0.802. The Morgan fingerprint density at radius 3 is 2.61 bits per heavy atom. The van der Waals surface area contributed by atoms with Crippen LogP contribution in [0.4, 0.5) is 0 Å². The van der Waals surface area contributed by atoms with Crippen molar-refractivity contribution >= 4 is 25.3 Å². The Morgan fingerprint density at radius 2 is 1.89 bits per heavy atom. The lowest BCUT2D eigenvalue weighted by Gasteiger charge is -2.25. The molecule has 2 aliphatic rings. The molecular formula is C20H26N4O3Si. The van der Waals surface area contributed by atoms with E-state index in [1.165, 1.54) is 6.42 Å². The van der Waals surface area contributed by atoms with Crippen LogP contribution >= 0.6 is 0 Å². The molecule has 0 radical (unpaired) electrons. The first kappa shape index (κ1) is 18.9. The highest BCUT2D eigenvalue weighted by molar-refractivity contribution is 6.88. The van der Waals surface area contributed by atoms with Crippen molar-refractivity contribution in [1.82, 2.24) is 20.3 Å². The number of ether oxygens (including phenoxy) is 1. The van der Waals surface area contributed by atoms with Crippen LogP contribution in [0.1, 0.15) is 54.3 Å². The van der Waals surface area contributed by atoms with Crippen molar-refractivity contribution in [1.29, 1.82) is 0 Å². The summed E-state index contributed by atoms with van der Waals surface area (Å²) < 4.78 is 7.27. The molecule has 1 N–H and O–H groups in total. The van der Waals surface area contributed by atoms with Gasteiger partial charge in [0.2, 0.25) is 6.10 Å². The number of fused-ring (bicyclic) bond motifs is 3. The molecule has 28 heavy (non-hydrogen) atoms. The Kier molecular flexibility index (Phi) is 4.82. The van der Waals surface area contributed by atoms with Gasteiger partial charge in [0, 0.05) is 11.6 Å². The second-order valence-electron chi connectivity index (χ2n) is 8.64. The lowest BCUT2D eigenvalue weighted by Crippen LogP contribution is -2.43. The summed E-state index contributed by atoms with van der Waals surface area (Å²) in [6, 6.07) is 7.52. The average molecular weight is 399 g/mol. The van der Waals surface area contributed by atoms with Crippen LogP contribution in [0, 0.1) is 0 Å². The fourth-order valence-corrected chi connectivity index (χ4v) is 5.25. The SMILES string of the molecule is C[Si](C)(C)c1nnn2c1C(=O)OC(C(=O)NC1CCCCC1)c1ccccc1-2. The lowest BCUT2D eigenvalue weighted by atomic mass is 9.95. The molecule has 1 saturated carbocycles. The number of aromatic nitrogens is 3. The zero-order valence-corrected chi connectivity index (χ0v) is 17.6.